The van der Waals surface area contributed by atoms with E-state index in [1.54, 1.807) is 5.57 Å². The molecule has 4 fully saturated rings. The highest BCUT2D eigenvalue weighted by Crippen LogP contribution is 2.60. The van der Waals surface area contributed by atoms with Gasteiger partial charge in [0.05, 0.1) is 19.3 Å². The lowest BCUT2D eigenvalue weighted by Crippen LogP contribution is -2.49. The minimum absolute atomic E-state index is 0.0164. The van der Waals surface area contributed by atoms with Crippen LogP contribution in [-0.2, 0) is 18.3 Å². The first kappa shape index (κ1) is 40.3. The summed E-state index contributed by atoms with van der Waals surface area (Å²) in [6.07, 6.45) is 16.5. The fourth-order valence-electron chi connectivity index (χ4n) is 8.29. The molecule has 0 aliphatic heterocycles. The highest BCUT2D eigenvalue weighted by molar-refractivity contribution is 6.74. The van der Waals surface area contributed by atoms with Crippen LogP contribution in [0.25, 0.3) is 0 Å². The van der Waals surface area contributed by atoms with Gasteiger partial charge < -0.3 is 23.4 Å². The van der Waals surface area contributed by atoms with Crippen LogP contribution < -0.4 is 0 Å². The van der Waals surface area contributed by atoms with Crippen LogP contribution >= 0.6 is 0 Å². The number of carbonyl (C=O) groups excluding carboxylic acids is 1. The van der Waals surface area contributed by atoms with E-state index in [9.17, 15) is 9.90 Å². The summed E-state index contributed by atoms with van der Waals surface area (Å²) in [4.78, 5) is 11.7. The molecule has 0 radical (unpaired) electrons. The number of rotatable bonds is 10. The van der Waals surface area contributed by atoms with E-state index >= 15 is 0 Å². The van der Waals surface area contributed by atoms with Crippen molar-refractivity contribution in [1.29, 1.82) is 0 Å². The Morgan fingerprint density at radius 2 is 1.57 bits per heavy atom. The first-order valence-electron chi connectivity index (χ1n) is 19.0. The van der Waals surface area contributed by atoms with E-state index in [-0.39, 0.29) is 27.7 Å². The van der Waals surface area contributed by atoms with Crippen LogP contribution in [0.4, 0.5) is 4.79 Å². The quantitative estimate of drug-likeness (QED) is 0.138. The monoisotopic (exact) mass is 714 g/mol. The maximum atomic E-state index is 11.7. The molecule has 49 heavy (non-hydrogen) atoms. The fourth-order valence-corrected chi connectivity index (χ4v) is 11.0. The first-order valence-corrected chi connectivity index (χ1v) is 24.9. The number of methoxy groups -OCH3 is 1. The molecule has 0 saturated heterocycles. The summed E-state index contributed by atoms with van der Waals surface area (Å²) >= 11 is 0. The van der Waals surface area contributed by atoms with E-state index in [0.717, 1.165) is 24.8 Å². The summed E-state index contributed by atoms with van der Waals surface area (Å²) < 4.78 is 24.3. The van der Waals surface area contributed by atoms with Crippen molar-refractivity contribution in [3.8, 4) is 0 Å². The number of hydrogen-bond donors (Lipinski definition) is 1. The van der Waals surface area contributed by atoms with Crippen molar-refractivity contribution in [2.75, 3.05) is 7.11 Å². The molecule has 0 amide bonds. The Balaban J connectivity index is 1.54. The van der Waals surface area contributed by atoms with Gasteiger partial charge in [-0.25, -0.2) is 4.79 Å². The number of hydrogen-bond acceptors (Lipinski definition) is 6. The van der Waals surface area contributed by atoms with Crippen LogP contribution in [0.3, 0.4) is 0 Å². The molecule has 0 aromatic heterocycles. The molecule has 2 unspecified atom stereocenters. The minimum atomic E-state index is -2.02. The molecule has 0 heterocycles. The summed E-state index contributed by atoms with van der Waals surface area (Å²) in [5.74, 6) is 1.40. The Labute approximate surface area is 301 Å². The standard InChI is InChI=1S/C41H70O6Si2/c1-28(17-22-36(42)41(24-25-41)45-37(43)44-10)33-20-21-34-30(16-15-23-40(33,34)9)18-19-31-26-32(46-48(11,12)38(3,4)5)27-35(29(31)2)47-49(13,14)39(6,7)8/h17-19,22,28,32-36,42H,2,15-16,20-21,23-27H2,1,3-14H3/b22-17+,30-18+,31-19-/t28-,32?,33-,34+,35?,36-,40-/m1/s1. The van der Waals surface area contributed by atoms with Crippen LogP contribution in [0, 0.1) is 23.2 Å². The number of carbonyl (C=O) groups is 1. The lowest BCUT2D eigenvalue weighted by atomic mass is 9.61. The third kappa shape index (κ3) is 8.78. The molecule has 6 nitrogen and oxygen atoms in total. The third-order valence-corrected chi connectivity index (χ3v) is 22.8. The van der Waals surface area contributed by atoms with Gasteiger partial charge in [-0.15, -0.1) is 0 Å². The Morgan fingerprint density at radius 1 is 0.959 bits per heavy atom. The number of fused-ring (bicyclic) bond motifs is 1. The zero-order chi connectivity index (χ0) is 36.8. The van der Waals surface area contributed by atoms with Crippen molar-refractivity contribution in [2.24, 2.45) is 23.2 Å². The van der Waals surface area contributed by atoms with E-state index in [0.29, 0.717) is 30.6 Å². The highest BCUT2D eigenvalue weighted by Gasteiger charge is 2.54. The molecule has 0 spiro atoms. The molecular weight excluding hydrogens is 645 g/mol. The number of allylic oxidation sites excluding steroid dienone is 4. The fraction of sp³-hybridized carbons (Fsp3) is 0.780. The second kappa shape index (κ2) is 14.5. The Morgan fingerprint density at radius 3 is 2.14 bits per heavy atom. The van der Waals surface area contributed by atoms with Gasteiger partial charge in [0.2, 0.25) is 0 Å². The molecule has 0 aromatic rings. The van der Waals surface area contributed by atoms with Gasteiger partial charge in [0.25, 0.3) is 0 Å². The van der Waals surface area contributed by atoms with Gasteiger partial charge in [0.15, 0.2) is 16.6 Å². The van der Waals surface area contributed by atoms with E-state index in [4.69, 9.17) is 13.6 Å². The average Bonchev–Trinajstić information content (AvgIpc) is 3.67. The van der Waals surface area contributed by atoms with Crippen LogP contribution in [0.1, 0.15) is 113 Å². The number of aliphatic hydroxyl groups is 1. The average molecular weight is 715 g/mol. The van der Waals surface area contributed by atoms with Crippen LogP contribution in [0.5, 0.6) is 0 Å². The predicted molar refractivity (Wildman–Crippen MR) is 207 cm³/mol. The normalized spacial score (nSPS) is 32.3. The molecule has 7 atom stereocenters. The second-order valence-electron chi connectivity index (χ2n) is 19.2. The van der Waals surface area contributed by atoms with Gasteiger partial charge in [-0.3, -0.25) is 0 Å². The summed E-state index contributed by atoms with van der Waals surface area (Å²) in [5, 5.41) is 11.2. The number of aliphatic hydroxyl groups excluding tert-OH is 1. The van der Waals surface area contributed by atoms with Crippen LogP contribution in [-0.4, -0.2) is 58.9 Å². The Kier molecular flexibility index (Phi) is 11.9. The largest absolute Gasteiger partial charge is 0.508 e. The van der Waals surface area contributed by atoms with Crippen molar-refractivity contribution in [3.05, 3.63) is 47.6 Å². The van der Waals surface area contributed by atoms with Crippen molar-refractivity contribution in [1.82, 2.24) is 0 Å². The van der Waals surface area contributed by atoms with Gasteiger partial charge in [0, 0.05) is 6.42 Å². The van der Waals surface area contributed by atoms with Crippen LogP contribution in [0.2, 0.25) is 36.3 Å². The molecule has 4 saturated carbocycles. The molecule has 0 bridgehead atoms. The van der Waals surface area contributed by atoms with Gasteiger partial charge in [-0.2, -0.15) is 0 Å². The highest BCUT2D eigenvalue weighted by atomic mass is 28.4. The SMILES string of the molecule is C=C1/C(=C\C=C2/CCC[C@]3(C)[C@@H]([C@H](C)/C=C/[C@@H](O)C4(OC(=O)OC)CC4)CC[C@@H]23)CC(O[Si](C)(C)C(C)(C)C)CC1O[Si](C)(C)C(C)(C)C. The lowest BCUT2D eigenvalue weighted by Gasteiger charge is -2.45. The predicted octanol–water partition coefficient (Wildman–Crippen LogP) is 11.1. The van der Waals surface area contributed by atoms with Crippen molar-refractivity contribution in [2.45, 2.75) is 173 Å². The number of ether oxygens (including phenoxy) is 2. The van der Waals surface area contributed by atoms with E-state index in [2.05, 4.69) is 111 Å². The van der Waals surface area contributed by atoms with Gasteiger partial charge in [-0.05, 0) is 122 Å². The lowest BCUT2D eigenvalue weighted by molar-refractivity contribution is -0.0245. The Hall–Kier alpha value is -1.46. The molecule has 278 valence electrons. The molecule has 4 aliphatic carbocycles. The zero-order valence-electron chi connectivity index (χ0n) is 33.3. The maximum Gasteiger partial charge on any atom is 0.508 e. The van der Waals surface area contributed by atoms with Gasteiger partial charge in [0.1, 0.15) is 11.7 Å². The zero-order valence-corrected chi connectivity index (χ0v) is 35.3. The molecule has 8 heteroatoms. The third-order valence-electron chi connectivity index (χ3n) is 13.7. The van der Waals surface area contributed by atoms with Crippen molar-refractivity contribution < 1.29 is 28.2 Å². The van der Waals surface area contributed by atoms with E-state index in [1.807, 2.05) is 6.08 Å². The minimum Gasteiger partial charge on any atom is -0.438 e. The molecule has 0 aromatic carbocycles. The Bertz CT molecular complexity index is 1310. The topological polar surface area (TPSA) is 74.2 Å². The van der Waals surface area contributed by atoms with E-state index in [1.165, 1.54) is 38.4 Å². The molecular formula is C41H70O6Si2. The van der Waals surface area contributed by atoms with Crippen LogP contribution in [0.15, 0.2) is 47.6 Å². The van der Waals surface area contributed by atoms with Crippen molar-refractivity contribution >= 4 is 22.8 Å². The summed E-state index contributed by atoms with van der Waals surface area (Å²) in [6.45, 7) is 32.8. The maximum absolute atomic E-state index is 11.7. The smallest absolute Gasteiger partial charge is 0.438 e. The summed E-state index contributed by atoms with van der Waals surface area (Å²) in [5.41, 5.74) is 3.39. The molecule has 4 aliphatic rings. The summed E-state index contributed by atoms with van der Waals surface area (Å²) in [6, 6.07) is 0. The molecule has 4 rings (SSSR count). The first-order chi connectivity index (χ1) is 22.5. The van der Waals surface area contributed by atoms with Gasteiger partial charge in [-0.1, -0.05) is 91.8 Å². The van der Waals surface area contributed by atoms with Gasteiger partial charge >= 0.3 is 6.16 Å². The van der Waals surface area contributed by atoms with Crippen molar-refractivity contribution in [3.63, 3.8) is 0 Å². The summed E-state index contributed by atoms with van der Waals surface area (Å²) in [7, 11) is -2.68. The second-order valence-corrected chi connectivity index (χ2v) is 28.7. The van der Waals surface area contributed by atoms with E-state index < -0.39 is 34.5 Å². The molecule has 1 N–H and O–H groups in total.